The Bertz CT molecular complexity index is 361. The van der Waals surface area contributed by atoms with Gasteiger partial charge in [-0.1, -0.05) is 11.6 Å². The van der Waals surface area contributed by atoms with E-state index < -0.39 is 0 Å². The molecule has 1 fully saturated rings. The Morgan fingerprint density at radius 3 is 2.89 bits per heavy atom. The first kappa shape index (κ1) is 13.0. The molecule has 2 rings (SSSR count). The summed E-state index contributed by atoms with van der Waals surface area (Å²) < 4.78 is 4.62. The van der Waals surface area contributed by atoms with E-state index >= 15 is 0 Å². The fourth-order valence-electron chi connectivity index (χ4n) is 2.19. The number of piperidine rings is 1. The summed E-state index contributed by atoms with van der Waals surface area (Å²) in [6.45, 7) is 2.69. The molecule has 1 aliphatic rings. The number of carbonyl (C=O) groups excluding carboxylic acids is 1. The van der Waals surface area contributed by atoms with Gasteiger partial charge in [-0.15, -0.1) is 0 Å². The lowest BCUT2D eigenvalue weighted by Gasteiger charge is -2.29. The van der Waals surface area contributed by atoms with E-state index in [0.717, 1.165) is 13.1 Å². The van der Waals surface area contributed by atoms with Crippen LogP contribution in [0.15, 0.2) is 16.9 Å². The van der Waals surface area contributed by atoms with Gasteiger partial charge in [-0.2, -0.15) is 0 Å². The number of amides is 1. The lowest BCUT2D eigenvalue weighted by atomic mass is 10.1. The Balaban J connectivity index is 1.83. The molecule has 100 valence electrons. The highest BCUT2D eigenvalue weighted by Gasteiger charge is 2.19. The third-order valence-electron chi connectivity index (χ3n) is 3.15. The number of aliphatic hydroxyl groups is 1. The monoisotopic (exact) mass is 253 g/mol. The molecule has 2 N–H and O–H groups in total. The molecule has 0 spiro atoms. The molecule has 6 heteroatoms. The van der Waals surface area contributed by atoms with Crippen molar-refractivity contribution in [3.05, 3.63) is 18.0 Å². The van der Waals surface area contributed by atoms with E-state index in [1.54, 1.807) is 0 Å². The second-order valence-corrected chi connectivity index (χ2v) is 4.60. The fourth-order valence-corrected chi connectivity index (χ4v) is 2.19. The molecule has 1 unspecified atom stereocenters. The summed E-state index contributed by atoms with van der Waals surface area (Å²) in [5.74, 6) is -0.306. The summed E-state index contributed by atoms with van der Waals surface area (Å²) in [4.78, 5) is 14.0. The van der Waals surface area contributed by atoms with Gasteiger partial charge < -0.3 is 19.8 Å². The van der Waals surface area contributed by atoms with Gasteiger partial charge in [0.05, 0.1) is 12.6 Å². The van der Waals surface area contributed by atoms with Gasteiger partial charge in [0.2, 0.25) is 0 Å². The Hall–Kier alpha value is -1.40. The molecule has 0 bridgehead atoms. The Kier molecular flexibility index (Phi) is 4.72. The number of rotatable bonds is 5. The second-order valence-electron chi connectivity index (χ2n) is 4.60. The van der Waals surface area contributed by atoms with Crippen LogP contribution in [0, 0.1) is 0 Å². The van der Waals surface area contributed by atoms with E-state index in [1.807, 2.05) is 0 Å². The highest BCUT2D eigenvalue weighted by Crippen LogP contribution is 2.09. The van der Waals surface area contributed by atoms with Crippen molar-refractivity contribution < 1.29 is 14.4 Å². The quantitative estimate of drug-likeness (QED) is 0.786. The van der Waals surface area contributed by atoms with Crippen molar-refractivity contribution in [2.45, 2.75) is 25.3 Å². The molecule has 0 radical (unpaired) electrons. The third kappa shape index (κ3) is 3.54. The number of carbonyl (C=O) groups is 1. The maximum absolute atomic E-state index is 11.8. The number of aliphatic hydroxyl groups excluding tert-OH is 1. The molecular formula is C12H19N3O3. The summed E-state index contributed by atoms with van der Waals surface area (Å²) in [7, 11) is 0. The number of nitrogens with one attached hydrogen (secondary N) is 1. The standard InChI is InChI=1S/C12H19N3O3/c16-9-10(8-15-5-2-1-3-6-15)13-12(17)11-4-7-18-14-11/h4,7,10,16H,1-3,5-6,8-9H2,(H,13,17). The van der Waals surface area contributed by atoms with E-state index in [1.165, 1.54) is 31.6 Å². The van der Waals surface area contributed by atoms with Crippen LogP contribution in [-0.4, -0.2) is 53.4 Å². The molecule has 0 saturated carbocycles. The zero-order chi connectivity index (χ0) is 12.8. The van der Waals surface area contributed by atoms with Crippen molar-refractivity contribution in [1.82, 2.24) is 15.4 Å². The molecule has 18 heavy (non-hydrogen) atoms. The van der Waals surface area contributed by atoms with E-state index in [-0.39, 0.29) is 24.2 Å². The van der Waals surface area contributed by atoms with Crippen LogP contribution >= 0.6 is 0 Å². The van der Waals surface area contributed by atoms with Gasteiger partial charge in [-0.05, 0) is 25.9 Å². The van der Waals surface area contributed by atoms with E-state index in [9.17, 15) is 9.90 Å². The topological polar surface area (TPSA) is 78.6 Å². The van der Waals surface area contributed by atoms with Crippen LogP contribution in [0.4, 0.5) is 0 Å². The molecule has 0 aromatic carbocycles. The van der Waals surface area contributed by atoms with Crippen LogP contribution in [0.1, 0.15) is 29.8 Å². The Morgan fingerprint density at radius 2 is 2.28 bits per heavy atom. The van der Waals surface area contributed by atoms with Crippen LogP contribution in [0.25, 0.3) is 0 Å². The number of likely N-dealkylation sites (tertiary alicyclic amines) is 1. The van der Waals surface area contributed by atoms with Crippen molar-refractivity contribution >= 4 is 5.91 Å². The predicted molar refractivity (Wildman–Crippen MR) is 65.1 cm³/mol. The summed E-state index contributed by atoms with van der Waals surface area (Å²) in [5, 5.41) is 15.6. The highest BCUT2D eigenvalue weighted by atomic mass is 16.5. The summed E-state index contributed by atoms with van der Waals surface area (Å²) in [6.07, 6.45) is 5.00. The summed E-state index contributed by atoms with van der Waals surface area (Å²) in [5.41, 5.74) is 0.243. The van der Waals surface area contributed by atoms with E-state index in [2.05, 4.69) is 19.9 Å². The molecule has 1 atom stereocenters. The minimum atomic E-state index is -0.306. The van der Waals surface area contributed by atoms with Crippen LogP contribution in [-0.2, 0) is 0 Å². The fraction of sp³-hybridized carbons (Fsp3) is 0.667. The minimum Gasteiger partial charge on any atom is -0.394 e. The van der Waals surface area contributed by atoms with Gasteiger partial charge in [-0.25, -0.2) is 0 Å². The van der Waals surface area contributed by atoms with Gasteiger partial charge >= 0.3 is 0 Å². The molecule has 2 heterocycles. The van der Waals surface area contributed by atoms with Crippen LogP contribution in [0.5, 0.6) is 0 Å². The predicted octanol–water partition coefficient (Wildman–Crippen LogP) is 0.251. The molecule has 1 aromatic rings. The Morgan fingerprint density at radius 1 is 1.50 bits per heavy atom. The lowest BCUT2D eigenvalue weighted by molar-refractivity contribution is 0.0877. The number of hydrogen-bond donors (Lipinski definition) is 2. The van der Waals surface area contributed by atoms with Crippen LogP contribution in [0.3, 0.4) is 0 Å². The van der Waals surface area contributed by atoms with Crippen LogP contribution < -0.4 is 5.32 Å². The Labute approximate surface area is 106 Å². The third-order valence-corrected chi connectivity index (χ3v) is 3.15. The SMILES string of the molecule is O=C(NC(CO)CN1CCCCC1)c1ccon1. The molecule has 1 aromatic heterocycles. The number of hydrogen-bond acceptors (Lipinski definition) is 5. The maximum atomic E-state index is 11.8. The highest BCUT2D eigenvalue weighted by molar-refractivity contribution is 5.92. The van der Waals surface area contributed by atoms with Crippen molar-refractivity contribution in [1.29, 1.82) is 0 Å². The van der Waals surface area contributed by atoms with Gasteiger partial charge in [0, 0.05) is 12.6 Å². The zero-order valence-electron chi connectivity index (χ0n) is 10.3. The zero-order valence-corrected chi connectivity index (χ0v) is 10.3. The average Bonchev–Trinajstić information content (AvgIpc) is 2.93. The van der Waals surface area contributed by atoms with E-state index in [0.29, 0.717) is 6.54 Å². The van der Waals surface area contributed by atoms with Crippen LogP contribution in [0.2, 0.25) is 0 Å². The van der Waals surface area contributed by atoms with Crippen molar-refractivity contribution in [2.75, 3.05) is 26.2 Å². The van der Waals surface area contributed by atoms with E-state index in [4.69, 9.17) is 0 Å². The van der Waals surface area contributed by atoms with Gasteiger partial charge in [0.15, 0.2) is 5.69 Å². The first-order valence-corrected chi connectivity index (χ1v) is 6.34. The van der Waals surface area contributed by atoms with Gasteiger partial charge in [-0.3, -0.25) is 4.79 Å². The largest absolute Gasteiger partial charge is 0.394 e. The molecule has 6 nitrogen and oxygen atoms in total. The first-order chi connectivity index (χ1) is 8.79. The van der Waals surface area contributed by atoms with Gasteiger partial charge in [0.1, 0.15) is 6.26 Å². The summed E-state index contributed by atoms with van der Waals surface area (Å²) >= 11 is 0. The molecule has 1 saturated heterocycles. The number of aromatic nitrogens is 1. The maximum Gasteiger partial charge on any atom is 0.273 e. The minimum absolute atomic E-state index is 0.0694. The summed E-state index contributed by atoms with van der Waals surface area (Å²) in [6, 6.07) is 1.25. The molecule has 1 amide bonds. The smallest absolute Gasteiger partial charge is 0.273 e. The van der Waals surface area contributed by atoms with Gasteiger partial charge in [0.25, 0.3) is 5.91 Å². The molecular weight excluding hydrogens is 234 g/mol. The molecule has 1 aliphatic heterocycles. The second kappa shape index (κ2) is 6.51. The van der Waals surface area contributed by atoms with Crippen molar-refractivity contribution in [3.63, 3.8) is 0 Å². The molecule has 0 aliphatic carbocycles. The van der Waals surface area contributed by atoms with Crippen molar-refractivity contribution in [3.8, 4) is 0 Å². The van der Waals surface area contributed by atoms with Crippen molar-refractivity contribution in [2.24, 2.45) is 0 Å². The lowest BCUT2D eigenvalue weighted by Crippen LogP contribution is -2.47. The average molecular weight is 253 g/mol. The normalized spacial score (nSPS) is 18.5. The number of nitrogens with zero attached hydrogens (tertiary/aromatic N) is 2. The first-order valence-electron chi connectivity index (χ1n) is 6.34.